The molecule has 0 fully saturated rings. The summed E-state index contributed by atoms with van der Waals surface area (Å²) in [6.07, 6.45) is -3.04. The zero-order valence-corrected chi connectivity index (χ0v) is 14.2. The summed E-state index contributed by atoms with van der Waals surface area (Å²) in [4.78, 5) is 10.8. The molecule has 4 nitrogen and oxygen atoms in total. The molecule has 0 unspecified atom stereocenters. The van der Waals surface area contributed by atoms with Gasteiger partial charge in [0.1, 0.15) is 11.5 Å². The van der Waals surface area contributed by atoms with Crippen molar-refractivity contribution in [2.75, 3.05) is 0 Å². The molecular formula is C21H11F3NO3-. The van der Waals surface area contributed by atoms with Gasteiger partial charge in [-0.1, -0.05) is 36.4 Å². The maximum Gasteiger partial charge on any atom is 0.416 e. The number of hydrogen-bond acceptors (Lipinski definition) is 4. The van der Waals surface area contributed by atoms with E-state index in [1.807, 2.05) is 6.07 Å². The average Bonchev–Trinajstić information content (AvgIpc) is 3.14. The number of carbonyl (C=O) groups is 1. The molecular weight excluding hydrogens is 371 g/mol. The van der Waals surface area contributed by atoms with Crippen molar-refractivity contribution in [3.63, 3.8) is 0 Å². The summed E-state index contributed by atoms with van der Waals surface area (Å²) in [6, 6.07) is 15.3. The lowest BCUT2D eigenvalue weighted by Gasteiger charge is -2.07. The zero-order valence-electron chi connectivity index (χ0n) is 14.2. The van der Waals surface area contributed by atoms with Crippen molar-refractivity contribution in [3.8, 4) is 17.4 Å². The highest BCUT2D eigenvalue weighted by molar-refractivity contribution is 5.91. The molecule has 0 N–H and O–H groups in total. The highest BCUT2D eigenvalue weighted by atomic mass is 19.4. The molecule has 0 amide bonds. The number of nitriles is 1. The molecule has 0 saturated heterocycles. The smallest absolute Gasteiger partial charge is 0.416 e. The standard InChI is InChI=1S/C21H12F3NO3/c22-21(23,24)17-3-1-2-15(10-17)19-9-8-18(28-19)11-16(12-25)13-4-6-14(7-5-13)20(26)27/h1-11H,(H,26,27)/p-1/b16-11+. The SMILES string of the molecule is N#C/C(=C\c1ccc(-c2cccc(C(F)(F)F)c2)o1)c1ccc(C(=O)[O-])cc1. The fraction of sp³-hybridized carbons (Fsp3) is 0.0476. The molecule has 0 aliphatic heterocycles. The molecule has 3 aromatic rings. The number of aromatic carboxylic acids is 1. The third-order valence-corrected chi connectivity index (χ3v) is 3.94. The lowest BCUT2D eigenvalue weighted by molar-refractivity contribution is -0.255. The van der Waals surface area contributed by atoms with Crippen LogP contribution in [0, 0.1) is 11.3 Å². The number of carbonyl (C=O) groups excluding carboxylic acids is 1. The van der Waals surface area contributed by atoms with E-state index >= 15 is 0 Å². The Balaban J connectivity index is 1.91. The Morgan fingerprint density at radius 1 is 1.04 bits per heavy atom. The van der Waals surface area contributed by atoms with Gasteiger partial charge in [0.15, 0.2) is 0 Å². The van der Waals surface area contributed by atoms with Gasteiger partial charge in [0.2, 0.25) is 0 Å². The Kier molecular flexibility index (Phi) is 5.05. The normalized spacial score (nSPS) is 11.9. The van der Waals surface area contributed by atoms with Crippen LogP contribution in [0.2, 0.25) is 0 Å². The maximum atomic E-state index is 12.9. The summed E-state index contributed by atoms with van der Waals surface area (Å²) in [5, 5.41) is 20.1. The first-order chi connectivity index (χ1) is 13.3. The van der Waals surface area contributed by atoms with Crippen LogP contribution in [0.1, 0.15) is 27.2 Å². The first-order valence-electron chi connectivity index (χ1n) is 7.99. The van der Waals surface area contributed by atoms with E-state index in [9.17, 15) is 28.3 Å². The van der Waals surface area contributed by atoms with Crippen LogP contribution in [0.25, 0.3) is 23.0 Å². The van der Waals surface area contributed by atoms with Gasteiger partial charge in [-0.05, 0) is 41.5 Å². The number of allylic oxidation sites excluding steroid dienone is 1. The molecule has 0 aliphatic rings. The first-order valence-corrected chi connectivity index (χ1v) is 7.99. The Morgan fingerprint density at radius 3 is 2.32 bits per heavy atom. The Morgan fingerprint density at radius 2 is 1.71 bits per heavy atom. The molecule has 0 saturated carbocycles. The summed E-state index contributed by atoms with van der Waals surface area (Å²) >= 11 is 0. The van der Waals surface area contributed by atoms with Gasteiger partial charge in [0, 0.05) is 5.56 Å². The van der Waals surface area contributed by atoms with Crippen LogP contribution in [0.4, 0.5) is 13.2 Å². The largest absolute Gasteiger partial charge is 0.545 e. The van der Waals surface area contributed by atoms with Crippen molar-refractivity contribution in [3.05, 3.63) is 83.1 Å². The lowest BCUT2D eigenvalue weighted by atomic mass is 10.0. The number of alkyl halides is 3. The quantitative estimate of drug-likeness (QED) is 0.627. The van der Waals surface area contributed by atoms with E-state index in [4.69, 9.17) is 4.42 Å². The fourth-order valence-electron chi connectivity index (χ4n) is 2.54. The number of hydrogen-bond donors (Lipinski definition) is 0. The van der Waals surface area contributed by atoms with E-state index in [0.29, 0.717) is 5.56 Å². The highest BCUT2D eigenvalue weighted by Gasteiger charge is 2.30. The number of nitrogens with zero attached hydrogens (tertiary/aromatic N) is 1. The minimum atomic E-state index is -4.46. The minimum absolute atomic E-state index is 0.0223. The number of carboxylic acid groups (broad SMARTS) is 1. The first kappa shape index (κ1) is 19.0. The Hall–Kier alpha value is -3.79. The Bertz CT molecular complexity index is 1090. The minimum Gasteiger partial charge on any atom is -0.545 e. The van der Waals surface area contributed by atoms with Gasteiger partial charge >= 0.3 is 6.18 Å². The third kappa shape index (κ3) is 4.13. The van der Waals surface area contributed by atoms with E-state index < -0.39 is 17.7 Å². The van der Waals surface area contributed by atoms with Crippen LogP contribution in [0.5, 0.6) is 0 Å². The summed E-state index contributed by atoms with van der Waals surface area (Å²) in [5.41, 5.74) is 0.112. The molecule has 0 atom stereocenters. The lowest BCUT2D eigenvalue weighted by Crippen LogP contribution is -2.21. The zero-order chi connectivity index (χ0) is 20.3. The van der Waals surface area contributed by atoms with E-state index in [2.05, 4.69) is 0 Å². The molecule has 0 aliphatic carbocycles. The van der Waals surface area contributed by atoms with Crippen molar-refractivity contribution < 1.29 is 27.5 Å². The third-order valence-electron chi connectivity index (χ3n) is 3.94. The van der Waals surface area contributed by atoms with E-state index in [1.54, 1.807) is 0 Å². The summed E-state index contributed by atoms with van der Waals surface area (Å²) < 4.78 is 44.1. The van der Waals surface area contributed by atoms with E-state index in [1.165, 1.54) is 54.6 Å². The predicted molar refractivity (Wildman–Crippen MR) is 93.4 cm³/mol. The average molecular weight is 382 g/mol. The number of benzene rings is 2. The van der Waals surface area contributed by atoms with Crippen molar-refractivity contribution >= 4 is 17.6 Å². The monoisotopic (exact) mass is 382 g/mol. The van der Waals surface area contributed by atoms with Crippen LogP contribution in [-0.2, 0) is 6.18 Å². The number of rotatable bonds is 4. The summed E-state index contributed by atoms with van der Waals surface area (Å²) in [7, 11) is 0. The van der Waals surface area contributed by atoms with Crippen LogP contribution in [-0.4, -0.2) is 5.97 Å². The van der Waals surface area contributed by atoms with Gasteiger partial charge in [-0.2, -0.15) is 18.4 Å². The van der Waals surface area contributed by atoms with Crippen LogP contribution in [0.3, 0.4) is 0 Å². The molecule has 1 heterocycles. The molecule has 3 rings (SSSR count). The van der Waals surface area contributed by atoms with Gasteiger partial charge < -0.3 is 14.3 Å². The highest BCUT2D eigenvalue weighted by Crippen LogP contribution is 2.33. The van der Waals surface area contributed by atoms with Crippen molar-refractivity contribution in [1.29, 1.82) is 5.26 Å². The molecule has 0 bridgehead atoms. The molecule has 7 heteroatoms. The molecule has 1 aromatic heterocycles. The second-order valence-electron chi connectivity index (χ2n) is 5.82. The molecule has 140 valence electrons. The second-order valence-corrected chi connectivity index (χ2v) is 5.82. The summed E-state index contributed by atoms with van der Waals surface area (Å²) in [5.74, 6) is -0.833. The van der Waals surface area contributed by atoms with Gasteiger partial charge in [-0.25, -0.2) is 0 Å². The summed E-state index contributed by atoms with van der Waals surface area (Å²) in [6.45, 7) is 0. The fourth-order valence-corrected chi connectivity index (χ4v) is 2.54. The number of carboxylic acids is 1. The van der Waals surface area contributed by atoms with Crippen LogP contribution in [0.15, 0.2) is 65.1 Å². The van der Waals surface area contributed by atoms with Crippen molar-refractivity contribution in [2.24, 2.45) is 0 Å². The maximum absolute atomic E-state index is 12.9. The van der Waals surface area contributed by atoms with Crippen molar-refractivity contribution in [1.82, 2.24) is 0 Å². The molecule has 2 aromatic carbocycles. The second kappa shape index (κ2) is 7.45. The van der Waals surface area contributed by atoms with Gasteiger partial charge in [-0.15, -0.1) is 0 Å². The van der Waals surface area contributed by atoms with Gasteiger partial charge in [0.25, 0.3) is 0 Å². The van der Waals surface area contributed by atoms with E-state index in [-0.39, 0.29) is 28.2 Å². The van der Waals surface area contributed by atoms with E-state index in [0.717, 1.165) is 12.1 Å². The molecule has 0 spiro atoms. The van der Waals surface area contributed by atoms with Crippen molar-refractivity contribution in [2.45, 2.75) is 6.18 Å². The molecule has 28 heavy (non-hydrogen) atoms. The predicted octanol–water partition coefficient (Wildman–Crippen LogP) is 4.39. The number of furan rings is 1. The Labute approximate surface area is 157 Å². The van der Waals surface area contributed by atoms with Gasteiger partial charge in [0.05, 0.1) is 23.2 Å². The molecule has 0 radical (unpaired) electrons. The topological polar surface area (TPSA) is 77.1 Å². The van der Waals surface area contributed by atoms with Gasteiger partial charge in [-0.3, -0.25) is 0 Å². The number of halogens is 3. The van der Waals surface area contributed by atoms with Crippen LogP contribution < -0.4 is 5.11 Å². The van der Waals surface area contributed by atoms with Crippen LogP contribution >= 0.6 is 0 Å².